The lowest BCUT2D eigenvalue weighted by Crippen LogP contribution is -2.08. The smallest absolute Gasteiger partial charge is 0.416 e. The second kappa shape index (κ2) is 7.58. The molecule has 0 saturated carbocycles. The molecular formula is C19H18F3NO2. The van der Waals surface area contributed by atoms with Crippen LogP contribution in [-0.4, -0.2) is 11.2 Å². The van der Waals surface area contributed by atoms with E-state index in [0.29, 0.717) is 16.9 Å². The third-order valence-corrected chi connectivity index (χ3v) is 3.58. The van der Waals surface area contributed by atoms with Crippen LogP contribution in [0.2, 0.25) is 0 Å². The Hall–Kier alpha value is -2.52. The van der Waals surface area contributed by atoms with Gasteiger partial charge in [0.2, 0.25) is 0 Å². The second-order valence-electron chi connectivity index (χ2n) is 5.86. The van der Waals surface area contributed by atoms with Gasteiger partial charge < -0.3 is 9.84 Å². The van der Waals surface area contributed by atoms with Crippen LogP contribution in [0.4, 0.5) is 13.2 Å². The number of hydrogen-bond donors (Lipinski definition) is 1. The molecule has 6 heteroatoms. The lowest BCUT2D eigenvalue weighted by molar-refractivity contribution is -0.137. The molecule has 2 rings (SSSR count). The summed E-state index contributed by atoms with van der Waals surface area (Å²) in [4.78, 5) is 0. The average molecular weight is 349 g/mol. The van der Waals surface area contributed by atoms with Crippen molar-refractivity contribution in [2.24, 2.45) is 0 Å². The molecule has 2 aromatic carbocycles. The molecule has 0 amide bonds. The Balaban J connectivity index is 2.62. The third kappa shape index (κ3) is 4.52. The summed E-state index contributed by atoms with van der Waals surface area (Å²) in [5.74, 6) is 0.492. The molecule has 0 aliphatic rings. The number of halogens is 3. The van der Waals surface area contributed by atoms with E-state index in [1.165, 1.54) is 6.07 Å². The van der Waals surface area contributed by atoms with E-state index in [4.69, 9.17) is 10.00 Å². The Morgan fingerprint density at radius 3 is 2.40 bits per heavy atom. The standard InChI is InChI=1S/C19H18F3NO2/c1-12(2)25-18-6-3-13(7-8-23)9-17(18)16-5-4-15(19(20,21)22)10-14(16)11-24/h3-6,9-10,12,24H,7,11H2,1-2H3. The van der Waals surface area contributed by atoms with Gasteiger partial charge in [-0.1, -0.05) is 12.1 Å². The topological polar surface area (TPSA) is 53.2 Å². The van der Waals surface area contributed by atoms with Gasteiger partial charge in [-0.2, -0.15) is 18.4 Å². The summed E-state index contributed by atoms with van der Waals surface area (Å²) in [6, 6.07) is 10.4. The molecule has 132 valence electrons. The van der Waals surface area contributed by atoms with E-state index in [9.17, 15) is 18.3 Å². The molecule has 0 radical (unpaired) electrons. The minimum atomic E-state index is -4.48. The molecule has 0 spiro atoms. The highest BCUT2D eigenvalue weighted by Gasteiger charge is 2.31. The van der Waals surface area contributed by atoms with Crippen LogP contribution in [-0.2, 0) is 19.2 Å². The van der Waals surface area contributed by atoms with Crippen LogP contribution in [0.25, 0.3) is 11.1 Å². The number of aliphatic hydroxyl groups is 1. The van der Waals surface area contributed by atoms with Gasteiger partial charge in [-0.25, -0.2) is 0 Å². The van der Waals surface area contributed by atoms with E-state index in [0.717, 1.165) is 17.7 Å². The zero-order chi connectivity index (χ0) is 18.6. The van der Waals surface area contributed by atoms with Crippen molar-refractivity contribution in [3.05, 3.63) is 53.1 Å². The number of nitriles is 1. The van der Waals surface area contributed by atoms with Crippen molar-refractivity contribution in [2.75, 3.05) is 0 Å². The second-order valence-corrected chi connectivity index (χ2v) is 5.86. The summed E-state index contributed by atoms with van der Waals surface area (Å²) in [5.41, 5.74) is 1.06. The van der Waals surface area contributed by atoms with Crippen LogP contribution in [0.3, 0.4) is 0 Å². The number of benzene rings is 2. The number of aliphatic hydroxyl groups excluding tert-OH is 1. The normalized spacial score (nSPS) is 11.4. The maximum atomic E-state index is 12.9. The van der Waals surface area contributed by atoms with Gasteiger partial charge in [0.25, 0.3) is 0 Å². The lowest BCUT2D eigenvalue weighted by Gasteiger charge is -2.18. The summed E-state index contributed by atoms with van der Waals surface area (Å²) in [7, 11) is 0. The first kappa shape index (κ1) is 18.8. The molecule has 2 aromatic rings. The largest absolute Gasteiger partial charge is 0.490 e. The molecule has 0 unspecified atom stereocenters. The fourth-order valence-electron chi connectivity index (χ4n) is 2.51. The Morgan fingerprint density at radius 1 is 1.12 bits per heavy atom. The Kier molecular flexibility index (Phi) is 5.70. The zero-order valence-electron chi connectivity index (χ0n) is 13.9. The molecule has 25 heavy (non-hydrogen) atoms. The fourth-order valence-corrected chi connectivity index (χ4v) is 2.51. The van der Waals surface area contributed by atoms with E-state index in [-0.39, 0.29) is 18.1 Å². The van der Waals surface area contributed by atoms with E-state index >= 15 is 0 Å². The van der Waals surface area contributed by atoms with Gasteiger partial charge in [0.15, 0.2) is 0 Å². The first-order valence-electron chi connectivity index (χ1n) is 7.74. The van der Waals surface area contributed by atoms with Crippen LogP contribution in [0.5, 0.6) is 5.75 Å². The number of hydrogen-bond acceptors (Lipinski definition) is 3. The molecule has 0 aromatic heterocycles. The number of ether oxygens (including phenoxy) is 1. The number of alkyl halides is 3. The third-order valence-electron chi connectivity index (χ3n) is 3.58. The van der Waals surface area contributed by atoms with Crippen LogP contribution in [0.1, 0.15) is 30.5 Å². The Labute approximate surface area is 144 Å². The van der Waals surface area contributed by atoms with E-state index in [1.54, 1.807) is 18.2 Å². The van der Waals surface area contributed by atoms with E-state index in [1.807, 2.05) is 19.9 Å². The fraction of sp³-hybridized carbons (Fsp3) is 0.316. The summed E-state index contributed by atoms with van der Waals surface area (Å²) in [5, 5.41) is 18.4. The van der Waals surface area contributed by atoms with Gasteiger partial charge in [-0.05, 0) is 54.8 Å². The molecule has 0 aliphatic carbocycles. The summed E-state index contributed by atoms with van der Waals surface area (Å²) in [6.45, 7) is 3.14. The minimum Gasteiger partial charge on any atom is -0.490 e. The van der Waals surface area contributed by atoms with Crippen molar-refractivity contribution in [2.45, 2.75) is 39.2 Å². The van der Waals surface area contributed by atoms with Crippen LogP contribution in [0.15, 0.2) is 36.4 Å². The molecule has 0 aliphatic heterocycles. The first-order valence-corrected chi connectivity index (χ1v) is 7.74. The van der Waals surface area contributed by atoms with Crippen LogP contribution >= 0.6 is 0 Å². The van der Waals surface area contributed by atoms with E-state index in [2.05, 4.69) is 0 Å². The number of nitrogens with zero attached hydrogens (tertiary/aromatic N) is 1. The molecule has 1 N–H and O–H groups in total. The van der Waals surface area contributed by atoms with Gasteiger partial charge in [0.05, 0.1) is 30.8 Å². The van der Waals surface area contributed by atoms with Crippen molar-refractivity contribution in [1.29, 1.82) is 5.26 Å². The Bertz CT molecular complexity index is 792. The van der Waals surface area contributed by atoms with Crippen LogP contribution in [0, 0.1) is 11.3 Å². The van der Waals surface area contributed by atoms with Gasteiger partial charge in [0.1, 0.15) is 5.75 Å². The van der Waals surface area contributed by atoms with Gasteiger partial charge in [-0.15, -0.1) is 0 Å². The van der Waals surface area contributed by atoms with Gasteiger partial charge in [0, 0.05) is 5.56 Å². The summed E-state index contributed by atoms with van der Waals surface area (Å²) in [6.07, 6.45) is -4.44. The van der Waals surface area contributed by atoms with Gasteiger partial charge >= 0.3 is 6.18 Å². The lowest BCUT2D eigenvalue weighted by atomic mass is 9.95. The average Bonchev–Trinajstić information content (AvgIpc) is 2.54. The maximum Gasteiger partial charge on any atom is 0.416 e. The van der Waals surface area contributed by atoms with Crippen molar-refractivity contribution in [3.8, 4) is 22.9 Å². The van der Waals surface area contributed by atoms with Crippen molar-refractivity contribution in [3.63, 3.8) is 0 Å². The molecular weight excluding hydrogens is 331 g/mol. The highest BCUT2D eigenvalue weighted by Crippen LogP contribution is 2.37. The predicted molar refractivity (Wildman–Crippen MR) is 87.9 cm³/mol. The number of rotatable bonds is 5. The molecule has 0 fully saturated rings. The molecule has 3 nitrogen and oxygen atoms in total. The van der Waals surface area contributed by atoms with Crippen molar-refractivity contribution < 1.29 is 23.0 Å². The van der Waals surface area contributed by atoms with Gasteiger partial charge in [-0.3, -0.25) is 0 Å². The molecule has 0 bridgehead atoms. The SMILES string of the molecule is CC(C)Oc1ccc(CC#N)cc1-c1ccc(C(F)(F)F)cc1CO. The first-order chi connectivity index (χ1) is 11.8. The summed E-state index contributed by atoms with van der Waals surface area (Å²) >= 11 is 0. The zero-order valence-corrected chi connectivity index (χ0v) is 13.9. The van der Waals surface area contributed by atoms with Crippen LogP contribution < -0.4 is 4.74 Å². The maximum absolute atomic E-state index is 12.9. The highest BCUT2D eigenvalue weighted by atomic mass is 19.4. The summed E-state index contributed by atoms with van der Waals surface area (Å²) < 4.78 is 44.5. The highest BCUT2D eigenvalue weighted by molar-refractivity contribution is 5.74. The monoisotopic (exact) mass is 349 g/mol. The molecule has 0 heterocycles. The molecule has 0 atom stereocenters. The van der Waals surface area contributed by atoms with E-state index < -0.39 is 18.3 Å². The quantitative estimate of drug-likeness (QED) is 0.850. The molecule has 0 saturated heterocycles. The minimum absolute atomic E-state index is 0.132. The van der Waals surface area contributed by atoms with Crippen molar-refractivity contribution >= 4 is 0 Å². The van der Waals surface area contributed by atoms with Crippen molar-refractivity contribution in [1.82, 2.24) is 0 Å². The Morgan fingerprint density at radius 2 is 1.84 bits per heavy atom. The predicted octanol–water partition coefficient (Wildman–Crippen LogP) is 4.72.